The molecule has 0 aliphatic heterocycles. The summed E-state index contributed by atoms with van der Waals surface area (Å²) in [6.07, 6.45) is 7.27. The van der Waals surface area contributed by atoms with Crippen LogP contribution in [0.2, 0.25) is 0 Å². The van der Waals surface area contributed by atoms with Crippen molar-refractivity contribution in [1.29, 1.82) is 0 Å². The molecule has 1 aliphatic rings. The lowest BCUT2D eigenvalue weighted by Gasteiger charge is -2.27. The van der Waals surface area contributed by atoms with Gasteiger partial charge in [-0.2, -0.15) is 0 Å². The van der Waals surface area contributed by atoms with Crippen LogP contribution in [0.3, 0.4) is 0 Å². The van der Waals surface area contributed by atoms with Gasteiger partial charge in [-0.05, 0) is 92.8 Å². The molecule has 28 heavy (non-hydrogen) atoms. The van der Waals surface area contributed by atoms with Gasteiger partial charge in [-0.25, -0.2) is 0 Å². The van der Waals surface area contributed by atoms with Crippen molar-refractivity contribution in [2.75, 3.05) is 6.61 Å². The molecule has 2 aromatic carbocycles. The van der Waals surface area contributed by atoms with Crippen molar-refractivity contribution in [2.45, 2.75) is 58.3 Å². The van der Waals surface area contributed by atoms with Crippen LogP contribution >= 0.6 is 0 Å². The highest BCUT2D eigenvalue weighted by atomic mass is 16.5. The van der Waals surface area contributed by atoms with Gasteiger partial charge < -0.3 is 4.74 Å². The molecule has 1 fully saturated rings. The van der Waals surface area contributed by atoms with Crippen molar-refractivity contribution in [3.63, 3.8) is 0 Å². The lowest BCUT2D eigenvalue weighted by molar-refractivity contribution is 0.317. The molecule has 0 bridgehead atoms. The van der Waals surface area contributed by atoms with Gasteiger partial charge in [0.15, 0.2) is 0 Å². The van der Waals surface area contributed by atoms with Crippen molar-refractivity contribution in [3.8, 4) is 29.4 Å². The molecule has 0 saturated heterocycles. The largest absolute Gasteiger partial charge is 0.494 e. The van der Waals surface area contributed by atoms with E-state index in [0.717, 1.165) is 42.2 Å². The van der Waals surface area contributed by atoms with Crippen LogP contribution in [-0.2, 0) is 0 Å². The van der Waals surface area contributed by atoms with Gasteiger partial charge >= 0.3 is 0 Å². The van der Waals surface area contributed by atoms with E-state index < -0.39 is 0 Å². The maximum atomic E-state index is 5.61. The Morgan fingerprint density at radius 3 is 2.04 bits per heavy atom. The highest BCUT2D eigenvalue weighted by Gasteiger charge is 2.21. The highest BCUT2D eigenvalue weighted by molar-refractivity contribution is 5.45. The van der Waals surface area contributed by atoms with E-state index in [1.54, 1.807) is 0 Å². The summed E-state index contributed by atoms with van der Waals surface area (Å²) in [5.41, 5.74) is 3.55. The summed E-state index contributed by atoms with van der Waals surface area (Å²) in [4.78, 5) is 0. The summed E-state index contributed by atoms with van der Waals surface area (Å²) >= 11 is 0. The van der Waals surface area contributed by atoms with Gasteiger partial charge in [0.25, 0.3) is 0 Å². The van der Waals surface area contributed by atoms with Crippen LogP contribution in [0.15, 0.2) is 48.5 Å². The molecule has 0 spiro atoms. The second kappa shape index (κ2) is 10.6. The first-order chi connectivity index (χ1) is 13.8. The Labute approximate surface area is 170 Å². The van der Waals surface area contributed by atoms with Crippen LogP contribution in [0, 0.1) is 29.6 Å². The molecule has 0 aromatic heterocycles. The predicted molar refractivity (Wildman–Crippen MR) is 117 cm³/mol. The van der Waals surface area contributed by atoms with E-state index in [0.29, 0.717) is 5.92 Å². The van der Waals surface area contributed by atoms with Crippen LogP contribution in [0.5, 0.6) is 5.75 Å². The lowest BCUT2D eigenvalue weighted by atomic mass is 9.77. The molecule has 144 valence electrons. The van der Waals surface area contributed by atoms with Crippen LogP contribution in [0.25, 0.3) is 0 Å². The first kappa shape index (κ1) is 20.1. The Morgan fingerprint density at radius 1 is 0.857 bits per heavy atom. The van der Waals surface area contributed by atoms with Gasteiger partial charge in [0.1, 0.15) is 5.75 Å². The first-order valence-electron chi connectivity index (χ1n) is 10.5. The Kier molecular flexibility index (Phi) is 7.63. The van der Waals surface area contributed by atoms with Crippen LogP contribution in [0.1, 0.15) is 75.0 Å². The normalized spacial score (nSPS) is 18.4. The third kappa shape index (κ3) is 5.94. The molecule has 1 aliphatic carbocycles. The Morgan fingerprint density at radius 2 is 1.46 bits per heavy atom. The predicted octanol–water partition coefficient (Wildman–Crippen LogP) is 6.56. The second-order valence-corrected chi connectivity index (χ2v) is 7.59. The zero-order chi connectivity index (χ0) is 19.6. The topological polar surface area (TPSA) is 9.23 Å². The summed E-state index contributed by atoms with van der Waals surface area (Å²) in [6, 6.07) is 16.9. The molecule has 2 aromatic rings. The van der Waals surface area contributed by atoms with Gasteiger partial charge in [-0.1, -0.05) is 30.9 Å². The zero-order valence-electron chi connectivity index (χ0n) is 17.1. The maximum Gasteiger partial charge on any atom is 0.119 e. The van der Waals surface area contributed by atoms with Gasteiger partial charge in [-0.15, -0.1) is 11.8 Å². The Hall–Kier alpha value is -2.64. The van der Waals surface area contributed by atoms with Crippen LogP contribution < -0.4 is 4.74 Å². The molecule has 3 rings (SSSR count). The Bertz CT molecular complexity index is 845. The van der Waals surface area contributed by atoms with Gasteiger partial charge in [-0.3, -0.25) is 0 Å². The van der Waals surface area contributed by atoms with Crippen LogP contribution in [0.4, 0.5) is 0 Å². The van der Waals surface area contributed by atoms with Crippen molar-refractivity contribution >= 4 is 0 Å². The minimum absolute atomic E-state index is 0.698. The minimum atomic E-state index is 0.698. The molecule has 0 radical (unpaired) electrons. The molecule has 1 nitrogen and oxygen atoms in total. The molecule has 1 saturated carbocycles. The summed E-state index contributed by atoms with van der Waals surface area (Å²) in [7, 11) is 0. The van der Waals surface area contributed by atoms with Crippen molar-refractivity contribution < 1.29 is 4.74 Å². The fraction of sp³-hybridized carbons (Fsp3) is 0.407. The second-order valence-electron chi connectivity index (χ2n) is 7.59. The minimum Gasteiger partial charge on any atom is -0.494 e. The van der Waals surface area contributed by atoms with E-state index >= 15 is 0 Å². The number of hydrogen-bond donors (Lipinski definition) is 0. The van der Waals surface area contributed by atoms with E-state index in [1.165, 1.54) is 31.2 Å². The Balaban J connectivity index is 1.55. The SMILES string of the molecule is CC#CCC1CCC(c2ccc(C#Cc3ccc(OCCC)cc3)cc2)CC1. The van der Waals surface area contributed by atoms with Crippen molar-refractivity contribution in [2.24, 2.45) is 5.92 Å². The molecule has 0 N–H and O–H groups in total. The summed E-state index contributed by atoms with van der Waals surface area (Å²) in [5, 5.41) is 0. The standard InChI is InChI=1S/C27H30O/c1-3-5-6-22-9-15-25(16-10-22)26-17-11-23(12-18-26)7-8-24-13-19-27(20-14-24)28-21-4-2/h11-14,17-20,22,25H,4,6,9-10,15-16,21H2,1-2H3. The average Bonchev–Trinajstić information content (AvgIpc) is 2.76. The van der Waals surface area contributed by atoms with Gasteiger partial charge in [0.2, 0.25) is 0 Å². The molecule has 1 heteroatoms. The quantitative estimate of drug-likeness (QED) is 0.541. The third-order valence-corrected chi connectivity index (χ3v) is 5.47. The van der Waals surface area contributed by atoms with Gasteiger partial charge in [0.05, 0.1) is 6.61 Å². The lowest BCUT2D eigenvalue weighted by Crippen LogP contribution is -2.12. The highest BCUT2D eigenvalue weighted by Crippen LogP contribution is 2.36. The first-order valence-corrected chi connectivity index (χ1v) is 10.5. The molecule has 0 unspecified atom stereocenters. The third-order valence-electron chi connectivity index (χ3n) is 5.47. The van der Waals surface area contributed by atoms with E-state index in [-0.39, 0.29) is 0 Å². The number of hydrogen-bond acceptors (Lipinski definition) is 1. The number of benzene rings is 2. The molecule has 0 amide bonds. The van der Waals surface area contributed by atoms with Crippen molar-refractivity contribution in [1.82, 2.24) is 0 Å². The summed E-state index contributed by atoms with van der Waals surface area (Å²) in [5.74, 6) is 15.2. The molecular formula is C27H30O. The molecule has 0 atom stereocenters. The zero-order valence-corrected chi connectivity index (χ0v) is 17.1. The van der Waals surface area contributed by atoms with Crippen molar-refractivity contribution in [3.05, 3.63) is 65.2 Å². The van der Waals surface area contributed by atoms with Gasteiger partial charge in [0, 0.05) is 17.5 Å². The maximum absolute atomic E-state index is 5.61. The number of ether oxygens (including phenoxy) is 1. The average molecular weight is 371 g/mol. The molecule has 0 heterocycles. The monoisotopic (exact) mass is 370 g/mol. The fourth-order valence-corrected chi connectivity index (χ4v) is 3.78. The molecular weight excluding hydrogens is 340 g/mol. The summed E-state index contributed by atoms with van der Waals surface area (Å²) < 4.78 is 5.61. The van der Waals surface area contributed by atoms with E-state index in [1.807, 2.05) is 31.2 Å². The van der Waals surface area contributed by atoms with Crippen LogP contribution in [-0.4, -0.2) is 6.61 Å². The smallest absolute Gasteiger partial charge is 0.119 e. The van der Waals surface area contributed by atoms with E-state index in [9.17, 15) is 0 Å². The number of rotatable bonds is 5. The van der Waals surface area contributed by atoms with E-state index in [4.69, 9.17) is 4.74 Å². The summed E-state index contributed by atoms with van der Waals surface area (Å²) in [6.45, 7) is 4.80. The fourth-order valence-electron chi connectivity index (χ4n) is 3.78. The van der Waals surface area contributed by atoms with E-state index in [2.05, 4.69) is 54.9 Å².